The molecule has 0 aliphatic heterocycles. The van der Waals surface area contributed by atoms with E-state index in [9.17, 15) is 12.8 Å². The number of rotatable bonds is 8. The van der Waals surface area contributed by atoms with Crippen LogP contribution in [0.4, 0.5) is 4.39 Å². The molecule has 4 nitrogen and oxygen atoms in total. The van der Waals surface area contributed by atoms with Crippen LogP contribution in [0.15, 0.2) is 29.2 Å². The Morgan fingerprint density at radius 2 is 2.05 bits per heavy atom. The summed E-state index contributed by atoms with van der Waals surface area (Å²) < 4.78 is 42.9. The van der Waals surface area contributed by atoms with Gasteiger partial charge in [0.1, 0.15) is 10.7 Å². The lowest BCUT2D eigenvalue weighted by atomic mass is 10.3. The van der Waals surface area contributed by atoms with Crippen LogP contribution in [0, 0.1) is 5.82 Å². The minimum absolute atomic E-state index is 0.179. The van der Waals surface area contributed by atoms with Crippen molar-refractivity contribution in [2.24, 2.45) is 0 Å². The van der Waals surface area contributed by atoms with Gasteiger partial charge in [0.25, 0.3) is 0 Å². The van der Waals surface area contributed by atoms with E-state index in [1.54, 1.807) is 0 Å². The summed E-state index contributed by atoms with van der Waals surface area (Å²) in [6.45, 7) is 2.96. The number of sulfone groups is 1. The summed E-state index contributed by atoms with van der Waals surface area (Å²) in [5, 5.41) is 3.09. The third kappa shape index (κ3) is 4.89. The maximum Gasteiger partial charge on any atom is 0.182 e. The molecular weight excluding hydrogens is 269 g/mol. The first-order valence-corrected chi connectivity index (χ1v) is 7.86. The monoisotopic (exact) mass is 289 g/mol. The van der Waals surface area contributed by atoms with Crippen LogP contribution < -0.4 is 5.32 Å². The highest BCUT2D eigenvalue weighted by molar-refractivity contribution is 7.91. The molecule has 0 aliphatic rings. The molecular formula is C13H20FNO3S. The molecule has 1 aromatic rings. The fourth-order valence-electron chi connectivity index (χ4n) is 1.77. The Hall–Kier alpha value is -0.980. The Kier molecular flexibility index (Phi) is 6.41. The lowest BCUT2D eigenvalue weighted by Crippen LogP contribution is -2.39. The fourth-order valence-corrected chi connectivity index (χ4v) is 3.34. The van der Waals surface area contributed by atoms with Crippen molar-refractivity contribution >= 4 is 9.84 Å². The molecule has 6 heteroatoms. The molecule has 0 radical (unpaired) electrons. The second-order valence-corrected chi connectivity index (χ2v) is 6.32. The zero-order valence-electron chi connectivity index (χ0n) is 11.2. The van der Waals surface area contributed by atoms with Gasteiger partial charge in [-0.05, 0) is 25.1 Å². The molecule has 0 amide bonds. The van der Waals surface area contributed by atoms with E-state index in [0.717, 1.165) is 12.5 Å². The van der Waals surface area contributed by atoms with Crippen molar-refractivity contribution in [3.05, 3.63) is 30.1 Å². The summed E-state index contributed by atoms with van der Waals surface area (Å²) in [6, 6.07) is 5.08. The van der Waals surface area contributed by atoms with Crippen LogP contribution in [0.1, 0.15) is 13.3 Å². The van der Waals surface area contributed by atoms with E-state index in [4.69, 9.17) is 4.74 Å². The standard InChI is InChI=1S/C13H20FNO3S/c1-3-8-15-11(9-18-2)10-19(16,17)13-7-5-4-6-12(13)14/h4-7,11,15H,3,8-10H2,1-2H3. The van der Waals surface area contributed by atoms with Gasteiger partial charge in [-0.1, -0.05) is 19.1 Å². The number of ether oxygens (including phenoxy) is 1. The second kappa shape index (κ2) is 7.57. The van der Waals surface area contributed by atoms with Crippen LogP contribution >= 0.6 is 0 Å². The SMILES string of the molecule is CCCNC(COC)CS(=O)(=O)c1ccccc1F. The third-order valence-corrected chi connectivity index (χ3v) is 4.49. The first kappa shape index (κ1) is 16.1. The Balaban J connectivity index is 2.85. The smallest absolute Gasteiger partial charge is 0.182 e. The number of hydrogen-bond acceptors (Lipinski definition) is 4. The van der Waals surface area contributed by atoms with Crippen LogP contribution in [0.2, 0.25) is 0 Å². The Bertz CT molecular complexity index is 490. The van der Waals surface area contributed by atoms with Crippen molar-refractivity contribution in [1.82, 2.24) is 5.32 Å². The van der Waals surface area contributed by atoms with Gasteiger partial charge in [0, 0.05) is 13.2 Å². The molecule has 0 fully saturated rings. The lowest BCUT2D eigenvalue weighted by Gasteiger charge is -2.17. The van der Waals surface area contributed by atoms with E-state index in [1.807, 2.05) is 6.92 Å². The van der Waals surface area contributed by atoms with E-state index in [1.165, 1.54) is 25.3 Å². The van der Waals surface area contributed by atoms with Crippen LogP contribution in [0.25, 0.3) is 0 Å². The highest BCUT2D eigenvalue weighted by Crippen LogP contribution is 2.16. The van der Waals surface area contributed by atoms with Crippen molar-refractivity contribution in [3.63, 3.8) is 0 Å². The summed E-state index contributed by atoms with van der Waals surface area (Å²) in [6.07, 6.45) is 0.889. The molecule has 19 heavy (non-hydrogen) atoms. The molecule has 0 aromatic heterocycles. The van der Waals surface area contributed by atoms with Gasteiger partial charge in [-0.2, -0.15) is 0 Å². The van der Waals surface area contributed by atoms with Crippen molar-refractivity contribution in [3.8, 4) is 0 Å². The highest BCUT2D eigenvalue weighted by Gasteiger charge is 2.23. The maximum atomic E-state index is 13.5. The molecule has 1 atom stereocenters. The van der Waals surface area contributed by atoms with Gasteiger partial charge in [0.2, 0.25) is 0 Å². The van der Waals surface area contributed by atoms with E-state index in [-0.39, 0.29) is 23.3 Å². The molecule has 0 aliphatic carbocycles. The first-order valence-electron chi connectivity index (χ1n) is 6.21. The topological polar surface area (TPSA) is 55.4 Å². The summed E-state index contributed by atoms with van der Waals surface area (Å²) in [5.41, 5.74) is 0. The average Bonchev–Trinajstić information content (AvgIpc) is 2.36. The van der Waals surface area contributed by atoms with Crippen molar-refractivity contribution in [2.75, 3.05) is 26.0 Å². The van der Waals surface area contributed by atoms with Crippen molar-refractivity contribution in [2.45, 2.75) is 24.3 Å². The van der Waals surface area contributed by atoms with Gasteiger partial charge in [0.05, 0.1) is 12.4 Å². The van der Waals surface area contributed by atoms with Crippen LogP contribution in [-0.4, -0.2) is 40.5 Å². The lowest BCUT2D eigenvalue weighted by molar-refractivity contribution is 0.173. The Morgan fingerprint density at radius 1 is 1.37 bits per heavy atom. The van der Waals surface area contributed by atoms with Gasteiger partial charge in [-0.15, -0.1) is 0 Å². The van der Waals surface area contributed by atoms with Crippen molar-refractivity contribution < 1.29 is 17.5 Å². The number of hydrogen-bond donors (Lipinski definition) is 1. The van der Waals surface area contributed by atoms with Crippen LogP contribution in [0.5, 0.6) is 0 Å². The number of benzene rings is 1. The predicted molar refractivity (Wildman–Crippen MR) is 72.4 cm³/mol. The molecule has 1 rings (SSSR count). The number of methoxy groups -OCH3 is 1. The van der Waals surface area contributed by atoms with E-state index >= 15 is 0 Å². The summed E-state index contributed by atoms with van der Waals surface area (Å²) in [7, 11) is -2.15. The minimum atomic E-state index is -3.66. The Labute approximate surface area is 113 Å². The zero-order chi connectivity index (χ0) is 14.3. The average molecular weight is 289 g/mol. The molecule has 108 valence electrons. The van der Waals surface area contributed by atoms with Crippen LogP contribution in [-0.2, 0) is 14.6 Å². The van der Waals surface area contributed by atoms with Gasteiger partial charge >= 0.3 is 0 Å². The molecule has 0 heterocycles. The summed E-state index contributed by atoms with van der Waals surface area (Å²) >= 11 is 0. The second-order valence-electron chi connectivity index (χ2n) is 4.32. The molecule has 0 saturated heterocycles. The molecule has 1 N–H and O–H groups in total. The fraction of sp³-hybridized carbons (Fsp3) is 0.538. The third-order valence-electron chi connectivity index (χ3n) is 2.64. The summed E-state index contributed by atoms with van der Waals surface area (Å²) in [5.74, 6) is -0.893. The maximum absolute atomic E-state index is 13.5. The molecule has 0 spiro atoms. The van der Waals surface area contributed by atoms with Gasteiger partial charge < -0.3 is 10.1 Å². The molecule has 1 aromatic carbocycles. The van der Waals surface area contributed by atoms with Gasteiger partial charge in [0.15, 0.2) is 9.84 Å². The zero-order valence-corrected chi connectivity index (χ0v) is 12.0. The Morgan fingerprint density at radius 3 is 2.63 bits per heavy atom. The quantitative estimate of drug-likeness (QED) is 0.790. The molecule has 1 unspecified atom stereocenters. The minimum Gasteiger partial charge on any atom is -0.383 e. The predicted octanol–water partition coefficient (Wildman–Crippen LogP) is 1.61. The van der Waals surface area contributed by atoms with E-state index < -0.39 is 15.7 Å². The molecule has 0 bridgehead atoms. The van der Waals surface area contributed by atoms with Crippen molar-refractivity contribution in [1.29, 1.82) is 0 Å². The van der Waals surface area contributed by atoms with Crippen LogP contribution in [0.3, 0.4) is 0 Å². The van der Waals surface area contributed by atoms with Gasteiger partial charge in [-0.25, -0.2) is 12.8 Å². The largest absolute Gasteiger partial charge is 0.383 e. The summed E-state index contributed by atoms with van der Waals surface area (Å²) in [4.78, 5) is -0.255. The number of nitrogens with one attached hydrogen (secondary N) is 1. The first-order chi connectivity index (χ1) is 9.01. The van der Waals surface area contributed by atoms with E-state index in [0.29, 0.717) is 6.54 Å². The highest BCUT2D eigenvalue weighted by atomic mass is 32.2. The molecule has 0 saturated carbocycles. The number of halogens is 1. The normalized spacial score (nSPS) is 13.4. The van der Waals surface area contributed by atoms with E-state index in [2.05, 4.69) is 5.32 Å². The van der Waals surface area contributed by atoms with Gasteiger partial charge in [-0.3, -0.25) is 0 Å².